The second kappa shape index (κ2) is 20.2. The molecule has 2 aromatic rings. The van der Waals surface area contributed by atoms with Crippen LogP contribution in [0.1, 0.15) is 128 Å². The Morgan fingerprint density at radius 2 is 1.08 bits per heavy atom. The largest absolute Gasteiger partial charge is 0.370 e. The molecule has 1 aromatic carbocycles. The van der Waals surface area contributed by atoms with Gasteiger partial charge in [0.25, 0.3) is 0 Å². The highest BCUT2D eigenvalue weighted by Gasteiger charge is 2.11. The van der Waals surface area contributed by atoms with Gasteiger partial charge in [0.15, 0.2) is 12.4 Å². The molecule has 0 amide bonds. The minimum absolute atomic E-state index is 0.876. The lowest BCUT2D eigenvalue weighted by Crippen LogP contribution is -2.26. The molecule has 0 saturated carbocycles. The van der Waals surface area contributed by atoms with Crippen molar-refractivity contribution in [3.05, 3.63) is 58.9 Å². The number of anilines is 1. The first-order valence-electron chi connectivity index (χ1n) is 15.3. The highest BCUT2D eigenvalue weighted by Crippen LogP contribution is 2.29. The highest BCUT2D eigenvalue weighted by molar-refractivity contribution is 6.33. The van der Waals surface area contributed by atoms with E-state index >= 15 is 0 Å². The number of aromatic nitrogens is 1. The van der Waals surface area contributed by atoms with Crippen molar-refractivity contribution in [2.75, 3.05) is 18.0 Å². The first kappa shape index (κ1) is 31.4. The van der Waals surface area contributed by atoms with E-state index in [0.717, 1.165) is 23.7 Å². The van der Waals surface area contributed by atoms with Gasteiger partial charge in [-0.2, -0.15) is 0 Å². The van der Waals surface area contributed by atoms with Crippen LogP contribution in [0.15, 0.2) is 42.7 Å². The fraction of sp³-hybridized carbons (Fsp3) is 0.618. The molecule has 0 aliphatic rings. The van der Waals surface area contributed by atoms with Crippen LogP contribution in [0.2, 0.25) is 5.02 Å². The van der Waals surface area contributed by atoms with Crippen LogP contribution in [0.5, 0.6) is 0 Å². The number of halogens is 1. The summed E-state index contributed by atoms with van der Waals surface area (Å²) in [5.41, 5.74) is 3.56. The van der Waals surface area contributed by atoms with E-state index in [1.807, 2.05) is 7.05 Å². The molecular formula is C34H54ClN2+. The summed E-state index contributed by atoms with van der Waals surface area (Å²) in [5.74, 6) is 0. The van der Waals surface area contributed by atoms with E-state index in [4.69, 9.17) is 11.6 Å². The number of pyridine rings is 1. The molecule has 0 N–H and O–H groups in total. The fourth-order valence-electron chi connectivity index (χ4n) is 4.93. The number of aryl methyl sites for hydroxylation is 1. The van der Waals surface area contributed by atoms with Crippen LogP contribution in [0.25, 0.3) is 12.2 Å². The molecular weight excluding hydrogens is 472 g/mol. The zero-order valence-corrected chi connectivity index (χ0v) is 25.0. The molecule has 0 aliphatic heterocycles. The second-order valence-electron chi connectivity index (χ2n) is 10.8. The lowest BCUT2D eigenvalue weighted by Gasteiger charge is -2.26. The summed E-state index contributed by atoms with van der Waals surface area (Å²) >= 11 is 6.87. The smallest absolute Gasteiger partial charge is 0.169 e. The van der Waals surface area contributed by atoms with Gasteiger partial charge in [-0.05, 0) is 36.1 Å². The van der Waals surface area contributed by atoms with Crippen molar-refractivity contribution >= 4 is 29.4 Å². The molecule has 0 aliphatic carbocycles. The summed E-state index contributed by atoms with van der Waals surface area (Å²) in [7, 11) is 2.04. The van der Waals surface area contributed by atoms with E-state index in [0.29, 0.717) is 0 Å². The summed E-state index contributed by atoms with van der Waals surface area (Å²) in [6.07, 6.45) is 30.2. The number of hydrogen-bond donors (Lipinski definition) is 0. The van der Waals surface area contributed by atoms with Crippen LogP contribution in [-0.2, 0) is 7.05 Å². The first-order valence-corrected chi connectivity index (χ1v) is 15.7. The van der Waals surface area contributed by atoms with Gasteiger partial charge >= 0.3 is 0 Å². The van der Waals surface area contributed by atoms with E-state index in [-0.39, 0.29) is 0 Å². The van der Waals surface area contributed by atoms with Gasteiger partial charge in [0.05, 0.1) is 10.7 Å². The topological polar surface area (TPSA) is 7.12 Å². The predicted octanol–water partition coefficient (Wildman–Crippen LogP) is 10.4. The van der Waals surface area contributed by atoms with Crippen molar-refractivity contribution in [3.63, 3.8) is 0 Å². The molecule has 0 radical (unpaired) electrons. The minimum atomic E-state index is 0.876. The Bertz CT molecular complexity index is 839. The van der Waals surface area contributed by atoms with E-state index in [2.05, 4.69) is 78.2 Å². The molecule has 1 heterocycles. The fourth-order valence-corrected chi connectivity index (χ4v) is 5.23. The number of rotatable bonds is 21. The van der Waals surface area contributed by atoms with Gasteiger partial charge in [-0.1, -0.05) is 134 Å². The van der Waals surface area contributed by atoms with Crippen molar-refractivity contribution in [1.29, 1.82) is 0 Å². The van der Waals surface area contributed by atoms with Crippen LogP contribution in [0.4, 0.5) is 5.69 Å². The van der Waals surface area contributed by atoms with Gasteiger partial charge in [0.2, 0.25) is 0 Å². The molecule has 0 bridgehead atoms. The van der Waals surface area contributed by atoms with Gasteiger partial charge in [0.1, 0.15) is 7.05 Å². The Labute approximate surface area is 234 Å². The third-order valence-electron chi connectivity index (χ3n) is 7.35. The molecule has 2 nitrogen and oxygen atoms in total. The lowest BCUT2D eigenvalue weighted by molar-refractivity contribution is -0.671. The standard InChI is InChI=1S/C34H54ClN2/c1-4-6-8-10-12-14-16-18-26-37(27-19-17-15-13-11-9-7-5-2)34-23-22-32(30-33(34)35)21-20-31-24-28-36(3)29-25-31/h20-25,28-30H,4-19,26-27H2,1-3H3/q+1. The van der Waals surface area contributed by atoms with Gasteiger partial charge < -0.3 is 4.90 Å². The summed E-state index contributed by atoms with van der Waals surface area (Å²) in [4.78, 5) is 2.56. The third-order valence-corrected chi connectivity index (χ3v) is 7.65. The molecule has 0 unspecified atom stereocenters. The highest BCUT2D eigenvalue weighted by atomic mass is 35.5. The molecule has 0 spiro atoms. The van der Waals surface area contributed by atoms with Crippen LogP contribution in [-0.4, -0.2) is 13.1 Å². The number of nitrogens with zero attached hydrogens (tertiary/aromatic N) is 2. The molecule has 0 fully saturated rings. The lowest BCUT2D eigenvalue weighted by atomic mass is 10.1. The predicted molar refractivity (Wildman–Crippen MR) is 165 cm³/mol. The zero-order valence-electron chi connectivity index (χ0n) is 24.2. The van der Waals surface area contributed by atoms with Crippen LogP contribution in [0.3, 0.4) is 0 Å². The monoisotopic (exact) mass is 525 g/mol. The molecule has 1 aromatic heterocycles. The maximum Gasteiger partial charge on any atom is 0.169 e. The molecule has 0 saturated heterocycles. The quantitative estimate of drug-likeness (QED) is 0.116. The SMILES string of the molecule is CCCCCCCCCCN(CCCCCCCCCC)c1ccc(C=Cc2cc[n+](C)cc2)cc1Cl. The number of hydrogen-bond acceptors (Lipinski definition) is 1. The van der Waals surface area contributed by atoms with Crippen LogP contribution < -0.4 is 9.47 Å². The minimum Gasteiger partial charge on any atom is -0.370 e. The average Bonchev–Trinajstić information content (AvgIpc) is 2.90. The van der Waals surface area contributed by atoms with Gasteiger partial charge in [-0.25, -0.2) is 4.57 Å². The average molecular weight is 526 g/mol. The molecule has 3 heteroatoms. The van der Waals surface area contributed by atoms with Crippen molar-refractivity contribution in [2.24, 2.45) is 7.05 Å². The van der Waals surface area contributed by atoms with Crippen molar-refractivity contribution in [1.82, 2.24) is 0 Å². The van der Waals surface area contributed by atoms with E-state index < -0.39 is 0 Å². The van der Waals surface area contributed by atoms with Crippen LogP contribution >= 0.6 is 11.6 Å². The summed E-state index contributed by atoms with van der Waals surface area (Å²) in [6, 6.07) is 10.8. The van der Waals surface area contributed by atoms with Gasteiger partial charge in [0, 0.05) is 25.2 Å². The molecule has 206 valence electrons. The maximum absolute atomic E-state index is 6.87. The Kier molecular flexibility index (Phi) is 17.2. The van der Waals surface area contributed by atoms with E-state index in [9.17, 15) is 0 Å². The van der Waals surface area contributed by atoms with Crippen molar-refractivity contribution < 1.29 is 4.57 Å². The van der Waals surface area contributed by atoms with E-state index in [1.54, 1.807) is 0 Å². The second-order valence-corrected chi connectivity index (χ2v) is 11.2. The summed E-state index contributed by atoms with van der Waals surface area (Å²) < 4.78 is 2.05. The zero-order chi connectivity index (χ0) is 26.6. The summed E-state index contributed by atoms with van der Waals surface area (Å²) in [5, 5.41) is 0.876. The third kappa shape index (κ3) is 14.1. The summed E-state index contributed by atoms with van der Waals surface area (Å²) in [6.45, 7) is 6.80. The Morgan fingerprint density at radius 3 is 1.57 bits per heavy atom. The maximum atomic E-state index is 6.87. The molecule has 0 atom stereocenters. The van der Waals surface area contributed by atoms with Gasteiger partial charge in [-0.15, -0.1) is 0 Å². The molecule has 2 rings (SSSR count). The Balaban J connectivity index is 1.90. The Morgan fingerprint density at radius 1 is 0.622 bits per heavy atom. The molecule has 37 heavy (non-hydrogen) atoms. The Hall–Kier alpha value is -1.80. The normalized spacial score (nSPS) is 11.5. The van der Waals surface area contributed by atoms with Gasteiger partial charge in [-0.3, -0.25) is 0 Å². The van der Waals surface area contributed by atoms with Crippen molar-refractivity contribution in [3.8, 4) is 0 Å². The first-order chi connectivity index (χ1) is 18.1. The number of unbranched alkanes of at least 4 members (excludes halogenated alkanes) is 14. The van der Waals surface area contributed by atoms with Crippen LogP contribution in [0, 0.1) is 0 Å². The number of benzene rings is 1. The van der Waals surface area contributed by atoms with E-state index in [1.165, 1.54) is 114 Å². The van der Waals surface area contributed by atoms with Crippen molar-refractivity contribution in [2.45, 2.75) is 117 Å².